The lowest BCUT2D eigenvalue weighted by Crippen LogP contribution is -2.06. The number of rotatable bonds is 4. The average molecular weight is 500 g/mol. The van der Waals surface area contributed by atoms with E-state index >= 15 is 0 Å². The number of hydrogen-bond acceptors (Lipinski definition) is 4. The average Bonchev–Trinajstić information content (AvgIpc) is 3.35. The number of ether oxygens (including phenoxy) is 1. The van der Waals surface area contributed by atoms with E-state index in [0.717, 1.165) is 55.2 Å². The number of hydrogen-bond donors (Lipinski definition) is 0. The molecule has 0 spiro atoms. The zero-order valence-electron chi connectivity index (χ0n) is 15.8. The molecule has 4 aromatic rings. The van der Waals surface area contributed by atoms with Gasteiger partial charge < -0.3 is 4.74 Å². The lowest BCUT2D eigenvalue weighted by molar-refractivity contribution is 0.356. The summed E-state index contributed by atoms with van der Waals surface area (Å²) in [5.74, 6) is 1.49. The van der Waals surface area contributed by atoms with Gasteiger partial charge in [-0.15, -0.1) is 0 Å². The largest absolute Gasteiger partial charge is 0.493 e. The van der Waals surface area contributed by atoms with E-state index in [1.807, 2.05) is 29.7 Å². The van der Waals surface area contributed by atoms with Crippen molar-refractivity contribution in [1.82, 2.24) is 19.4 Å². The number of fused-ring (bicyclic) bond motifs is 2. The van der Waals surface area contributed by atoms with E-state index in [-0.39, 0.29) is 5.82 Å². The standard InChI is InChI=1S/C22H18FIN4O/c1-13-14(3-2-9-25-13)17-11-26-20(28-12-27-22(24)21(17)28)7-4-15-16-8-10-29-19(16)6-5-18(15)23/h2-3,5-6,9,11-12H,4,7-8,10H2,1H3. The van der Waals surface area contributed by atoms with E-state index in [2.05, 4.69) is 32.6 Å². The van der Waals surface area contributed by atoms with E-state index < -0.39 is 0 Å². The molecule has 0 fully saturated rings. The predicted molar refractivity (Wildman–Crippen MR) is 117 cm³/mol. The second-order valence-corrected chi connectivity index (χ2v) is 8.10. The van der Waals surface area contributed by atoms with E-state index in [0.29, 0.717) is 19.4 Å². The minimum atomic E-state index is -0.173. The van der Waals surface area contributed by atoms with Crippen LogP contribution < -0.4 is 4.74 Å². The van der Waals surface area contributed by atoms with Gasteiger partial charge in [0.05, 0.1) is 12.1 Å². The summed E-state index contributed by atoms with van der Waals surface area (Å²) < 4.78 is 23.0. The summed E-state index contributed by atoms with van der Waals surface area (Å²) in [5.41, 5.74) is 5.72. The van der Waals surface area contributed by atoms with Crippen molar-refractivity contribution in [3.8, 4) is 16.9 Å². The monoisotopic (exact) mass is 500 g/mol. The molecule has 0 saturated carbocycles. The first-order chi connectivity index (χ1) is 14.1. The summed E-state index contributed by atoms with van der Waals surface area (Å²) in [6.45, 7) is 2.61. The maximum Gasteiger partial charge on any atom is 0.127 e. The lowest BCUT2D eigenvalue weighted by Gasteiger charge is -2.12. The maximum atomic E-state index is 14.5. The number of aryl methyl sites for hydroxylation is 2. The van der Waals surface area contributed by atoms with Gasteiger partial charge in [0.1, 0.15) is 27.4 Å². The van der Waals surface area contributed by atoms with Crippen LogP contribution in [-0.4, -0.2) is 26.0 Å². The smallest absolute Gasteiger partial charge is 0.127 e. The van der Waals surface area contributed by atoms with Crippen molar-refractivity contribution >= 4 is 28.1 Å². The molecule has 0 bridgehead atoms. The Bertz CT molecular complexity index is 1240. The van der Waals surface area contributed by atoms with E-state index in [4.69, 9.17) is 9.72 Å². The summed E-state index contributed by atoms with van der Waals surface area (Å²) in [5, 5.41) is 0. The number of halogens is 2. The van der Waals surface area contributed by atoms with Crippen molar-refractivity contribution in [3.05, 3.63) is 75.1 Å². The molecule has 7 heteroatoms. The first-order valence-corrected chi connectivity index (χ1v) is 10.6. The van der Waals surface area contributed by atoms with E-state index in [1.165, 1.54) is 6.07 Å². The summed E-state index contributed by atoms with van der Waals surface area (Å²) in [4.78, 5) is 13.6. The molecule has 1 aliphatic rings. The van der Waals surface area contributed by atoms with Gasteiger partial charge >= 0.3 is 0 Å². The molecule has 29 heavy (non-hydrogen) atoms. The summed E-state index contributed by atoms with van der Waals surface area (Å²) in [6, 6.07) is 7.19. The SMILES string of the molecule is Cc1ncccc1-c1cnc(CCc2c(F)ccc3c2CCO3)n2cnc(I)c12. The normalized spacial score (nSPS) is 12.9. The lowest BCUT2D eigenvalue weighted by atomic mass is 9.99. The molecule has 0 radical (unpaired) electrons. The third kappa shape index (κ3) is 3.17. The second kappa shape index (κ2) is 7.37. The Morgan fingerprint density at radius 1 is 1.14 bits per heavy atom. The van der Waals surface area contributed by atoms with Crippen molar-refractivity contribution < 1.29 is 9.13 Å². The second-order valence-electron chi connectivity index (χ2n) is 7.08. The molecule has 1 aromatic carbocycles. The van der Waals surface area contributed by atoms with Crippen LogP contribution in [0, 0.1) is 16.4 Å². The fraction of sp³-hybridized carbons (Fsp3) is 0.227. The minimum absolute atomic E-state index is 0.173. The van der Waals surface area contributed by atoms with Gasteiger partial charge in [0.15, 0.2) is 0 Å². The van der Waals surface area contributed by atoms with Crippen LogP contribution >= 0.6 is 22.6 Å². The molecular weight excluding hydrogens is 482 g/mol. The zero-order valence-corrected chi connectivity index (χ0v) is 18.0. The maximum absolute atomic E-state index is 14.5. The van der Waals surface area contributed by atoms with Crippen molar-refractivity contribution in [2.24, 2.45) is 0 Å². The summed E-state index contributed by atoms with van der Waals surface area (Å²) in [6.07, 6.45) is 7.41. The van der Waals surface area contributed by atoms with Crippen LogP contribution in [0.4, 0.5) is 4.39 Å². The number of imidazole rings is 1. The van der Waals surface area contributed by atoms with Gasteiger partial charge in [0.2, 0.25) is 0 Å². The molecule has 3 aromatic heterocycles. The first-order valence-electron chi connectivity index (χ1n) is 9.49. The van der Waals surface area contributed by atoms with Gasteiger partial charge in [0.25, 0.3) is 0 Å². The Labute approximate surface area is 181 Å². The first kappa shape index (κ1) is 18.5. The zero-order chi connectivity index (χ0) is 20.0. The van der Waals surface area contributed by atoms with Crippen LogP contribution in [0.5, 0.6) is 5.75 Å². The molecule has 0 N–H and O–H groups in total. The molecule has 0 unspecified atom stereocenters. The van der Waals surface area contributed by atoms with Gasteiger partial charge in [-0.25, -0.2) is 14.4 Å². The van der Waals surface area contributed by atoms with Gasteiger partial charge in [0, 0.05) is 47.6 Å². The molecule has 1 aliphatic heterocycles. The van der Waals surface area contributed by atoms with Crippen LogP contribution in [0.25, 0.3) is 16.6 Å². The topological polar surface area (TPSA) is 52.3 Å². The number of pyridine rings is 1. The van der Waals surface area contributed by atoms with Gasteiger partial charge in [-0.05, 0) is 59.7 Å². The van der Waals surface area contributed by atoms with Gasteiger partial charge in [-0.2, -0.15) is 0 Å². The Morgan fingerprint density at radius 3 is 2.90 bits per heavy atom. The molecule has 4 heterocycles. The minimum Gasteiger partial charge on any atom is -0.493 e. The number of aromatic nitrogens is 4. The van der Waals surface area contributed by atoms with Crippen LogP contribution in [0.3, 0.4) is 0 Å². The van der Waals surface area contributed by atoms with E-state index in [1.54, 1.807) is 18.6 Å². The summed E-state index contributed by atoms with van der Waals surface area (Å²) in [7, 11) is 0. The van der Waals surface area contributed by atoms with Crippen LogP contribution in [0.2, 0.25) is 0 Å². The van der Waals surface area contributed by atoms with Crippen molar-refractivity contribution in [1.29, 1.82) is 0 Å². The third-order valence-corrected chi connectivity index (χ3v) is 6.22. The molecular formula is C22H18FIN4O. The highest BCUT2D eigenvalue weighted by molar-refractivity contribution is 14.1. The Balaban J connectivity index is 1.54. The van der Waals surface area contributed by atoms with Gasteiger partial charge in [-0.3, -0.25) is 9.38 Å². The Kier molecular flexibility index (Phi) is 4.69. The predicted octanol–water partition coefficient (Wildman–Crippen LogP) is 4.56. The molecule has 0 atom stereocenters. The van der Waals surface area contributed by atoms with Crippen molar-refractivity contribution in [2.75, 3.05) is 6.61 Å². The van der Waals surface area contributed by atoms with E-state index in [9.17, 15) is 4.39 Å². The molecule has 146 valence electrons. The summed E-state index contributed by atoms with van der Waals surface area (Å²) >= 11 is 2.25. The Morgan fingerprint density at radius 2 is 2.03 bits per heavy atom. The molecule has 5 nitrogen and oxygen atoms in total. The van der Waals surface area contributed by atoms with Gasteiger partial charge in [-0.1, -0.05) is 6.07 Å². The molecule has 0 aliphatic carbocycles. The number of benzene rings is 1. The Hall–Kier alpha value is -2.55. The van der Waals surface area contributed by atoms with Crippen molar-refractivity contribution in [3.63, 3.8) is 0 Å². The number of nitrogens with zero attached hydrogens (tertiary/aromatic N) is 4. The third-order valence-electron chi connectivity index (χ3n) is 5.44. The fourth-order valence-electron chi connectivity index (χ4n) is 4.00. The highest BCUT2D eigenvalue weighted by Gasteiger charge is 2.20. The van der Waals surface area contributed by atoms with Crippen LogP contribution in [0.1, 0.15) is 22.6 Å². The van der Waals surface area contributed by atoms with Crippen LogP contribution in [0.15, 0.2) is 43.0 Å². The highest BCUT2D eigenvalue weighted by Crippen LogP contribution is 2.32. The quantitative estimate of drug-likeness (QED) is 0.386. The molecule has 0 amide bonds. The van der Waals surface area contributed by atoms with Crippen LogP contribution in [-0.2, 0) is 19.3 Å². The van der Waals surface area contributed by atoms with Crippen molar-refractivity contribution in [2.45, 2.75) is 26.2 Å². The molecule has 5 rings (SSSR count). The fourth-order valence-corrected chi connectivity index (χ4v) is 4.67. The molecule has 0 saturated heterocycles. The highest BCUT2D eigenvalue weighted by atomic mass is 127.